The van der Waals surface area contributed by atoms with Crippen LogP contribution in [0.5, 0.6) is 0 Å². The number of hydrogen-bond acceptors (Lipinski definition) is 4. The van der Waals surface area contributed by atoms with E-state index in [0.717, 1.165) is 19.5 Å². The average Bonchev–Trinajstić information content (AvgIpc) is 3.02. The zero-order valence-corrected chi connectivity index (χ0v) is 17.9. The van der Waals surface area contributed by atoms with Crippen LogP contribution in [0.4, 0.5) is 0 Å². The lowest BCUT2D eigenvalue weighted by molar-refractivity contribution is -0.147. The van der Waals surface area contributed by atoms with Crippen molar-refractivity contribution < 1.29 is 9.53 Å². The Hall–Kier alpha value is -0.900. The maximum absolute atomic E-state index is 11.7. The van der Waals surface area contributed by atoms with Crippen LogP contribution in [0.25, 0.3) is 0 Å². The van der Waals surface area contributed by atoms with E-state index >= 15 is 0 Å². The minimum atomic E-state index is -0.0639. The van der Waals surface area contributed by atoms with Gasteiger partial charge in [-0.25, -0.2) is 0 Å². The quantitative estimate of drug-likeness (QED) is 0.237. The van der Waals surface area contributed by atoms with E-state index in [2.05, 4.69) is 11.8 Å². The second-order valence-corrected chi connectivity index (χ2v) is 7.42. The number of halogens is 1. The van der Waals surface area contributed by atoms with Crippen LogP contribution < -0.4 is 0 Å². The van der Waals surface area contributed by atoms with Crippen molar-refractivity contribution in [3.8, 4) is 0 Å². The first kappa shape index (κ1) is 25.1. The monoisotopic (exact) mass is 388 g/mol. The van der Waals surface area contributed by atoms with Gasteiger partial charge in [-0.3, -0.25) is 4.79 Å². The summed E-state index contributed by atoms with van der Waals surface area (Å²) in [4.78, 5) is 15.7. The van der Waals surface area contributed by atoms with Crippen LogP contribution in [-0.4, -0.2) is 36.2 Å². The topological polar surface area (TPSA) is 32.8 Å². The number of hydrogen-bond donors (Lipinski definition) is 0. The molecule has 154 valence electrons. The molecule has 0 bridgehead atoms. The Bertz CT molecular complexity index is 364. The van der Waals surface area contributed by atoms with Gasteiger partial charge in [-0.15, -0.1) is 12.4 Å². The molecular formula is C21H41ClN2O2. The summed E-state index contributed by atoms with van der Waals surface area (Å²) in [5.74, 6) is -0.0639. The van der Waals surface area contributed by atoms with Crippen molar-refractivity contribution in [2.75, 3.05) is 20.4 Å². The fourth-order valence-corrected chi connectivity index (χ4v) is 3.19. The van der Waals surface area contributed by atoms with Gasteiger partial charge in [0, 0.05) is 25.9 Å². The van der Waals surface area contributed by atoms with Gasteiger partial charge < -0.3 is 14.5 Å². The zero-order chi connectivity index (χ0) is 18.2. The Morgan fingerprint density at radius 1 is 0.846 bits per heavy atom. The van der Waals surface area contributed by atoms with Crippen molar-refractivity contribution in [2.45, 2.75) is 96.8 Å². The molecule has 0 saturated carbocycles. The second kappa shape index (κ2) is 17.5. The average molecular weight is 389 g/mol. The molecule has 1 heterocycles. The summed E-state index contributed by atoms with van der Waals surface area (Å²) in [6.45, 7) is 3.44. The van der Waals surface area contributed by atoms with Gasteiger partial charge in [0.15, 0.2) is 6.73 Å². The number of carbonyl (C=O) groups excluding carboxylic acids is 1. The van der Waals surface area contributed by atoms with E-state index in [1.165, 1.54) is 70.6 Å². The molecule has 1 rings (SSSR count). The van der Waals surface area contributed by atoms with Crippen molar-refractivity contribution in [3.63, 3.8) is 0 Å². The van der Waals surface area contributed by atoms with Crippen LogP contribution in [-0.2, 0) is 9.53 Å². The Morgan fingerprint density at radius 3 is 1.81 bits per heavy atom. The lowest BCUT2D eigenvalue weighted by atomic mass is 10.0. The van der Waals surface area contributed by atoms with Gasteiger partial charge in [0.1, 0.15) is 0 Å². The van der Waals surface area contributed by atoms with E-state index in [1.807, 2.05) is 24.3 Å². The molecule has 0 fully saturated rings. The molecule has 5 heteroatoms. The standard InChI is InChI=1S/C21H40N2O2.ClH/c1-3-4-5-6-7-8-9-10-11-12-13-14-15-16-21(24)25-20-23-18-17-22(2)19-23;/h17-18H,3-16,19-20H2,1-2H3;1H. The maximum atomic E-state index is 11.7. The minimum Gasteiger partial charge on any atom is -0.444 e. The number of rotatable bonds is 16. The molecule has 0 aromatic rings. The van der Waals surface area contributed by atoms with Crippen LogP contribution in [0.2, 0.25) is 0 Å². The number of carbonyl (C=O) groups is 1. The Balaban J connectivity index is 0.00000625. The van der Waals surface area contributed by atoms with E-state index in [0.29, 0.717) is 13.2 Å². The fraction of sp³-hybridized carbons (Fsp3) is 0.857. The van der Waals surface area contributed by atoms with Crippen LogP contribution in [0.1, 0.15) is 96.8 Å². The normalized spacial score (nSPS) is 13.2. The maximum Gasteiger partial charge on any atom is 0.307 e. The SMILES string of the molecule is CCCCCCCCCCCCCCCC(=O)OCN1C=CN(C)C1.Cl. The molecule has 1 aliphatic rings. The third-order valence-corrected chi connectivity index (χ3v) is 4.81. The first-order valence-electron chi connectivity index (χ1n) is 10.5. The molecule has 1 aliphatic heterocycles. The zero-order valence-electron chi connectivity index (χ0n) is 17.1. The van der Waals surface area contributed by atoms with Gasteiger partial charge >= 0.3 is 5.97 Å². The number of unbranched alkanes of at least 4 members (excludes halogenated alkanes) is 12. The highest BCUT2D eigenvalue weighted by molar-refractivity contribution is 5.85. The lowest BCUT2D eigenvalue weighted by Crippen LogP contribution is -2.26. The summed E-state index contributed by atoms with van der Waals surface area (Å²) in [6, 6.07) is 0. The molecule has 0 unspecified atom stereocenters. The fourth-order valence-electron chi connectivity index (χ4n) is 3.19. The van der Waals surface area contributed by atoms with E-state index in [1.54, 1.807) is 0 Å². The summed E-state index contributed by atoms with van der Waals surface area (Å²) in [6.07, 6.45) is 21.8. The Morgan fingerprint density at radius 2 is 1.35 bits per heavy atom. The van der Waals surface area contributed by atoms with Gasteiger partial charge in [-0.05, 0) is 6.42 Å². The first-order chi connectivity index (χ1) is 12.2. The van der Waals surface area contributed by atoms with E-state index in [-0.39, 0.29) is 18.4 Å². The molecule has 0 spiro atoms. The highest BCUT2D eigenvalue weighted by atomic mass is 35.5. The molecule has 0 aromatic carbocycles. The Labute approximate surface area is 167 Å². The number of ether oxygens (including phenoxy) is 1. The molecule has 0 atom stereocenters. The van der Waals surface area contributed by atoms with Gasteiger partial charge in [0.05, 0.1) is 6.67 Å². The van der Waals surface area contributed by atoms with Crippen molar-refractivity contribution in [1.29, 1.82) is 0 Å². The molecule has 0 amide bonds. The molecule has 0 N–H and O–H groups in total. The minimum absolute atomic E-state index is 0. The largest absolute Gasteiger partial charge is 0.444 e. The predicted octanol–water partition coefficient (Wildman–Crippen LogP) is 6.07. The van der Waals surface area contributed by atoms with Crippen molar-refractivity contribution in [3.05, 3.63) is 12.4 Å². The second-order valence-electron chi connectivity index (χ2n) is 7.42. The molecule has 0 saturated heterocycles. The van der Waals surface area contributed by atoms with E-state index in [9.17, 15) is 4.79 Å². The van der Waals surface area contributed by atoms with E-state index in [4.69, 9.17) is 4.74 Å². The summed E-state index contributed by atoms with van der Waals surface area (Å²) < 4.78 is 5.29. The first-order valence-corrected chi connectivity index (χ1v) is 10.5. The van der Waals surface area contributed by atoms with Crippen LogP contribution in [0.15, 0.2) is 12.4 Å². The van der Waals surface area contributed by atoms with Gasteiger partial charge in [-0.2, -0.15) is 0 Å². The van der Waals surface area contributed by atoms with Crippen molar-refractivity contribution >= 4 is 18.4 Å². The Kier molecular flexibility index (Phi) is 16.9. The predicted molar refractivity (Wildman–Crippen MR) is 112 cm³/mol. The molecule has 26 heavy (non-hydrogen) atoms. The smallest absolute Gasteiger partial charge is 0.307 e. The highest BCUT2D eigenvalue weighted by Crippen LogP contribution is 2.13. The van der Waals surface area contributed by atoms with Gasteiger partial charge in [0.2, 0.25) is 0 Å². The molecular weight excluding hydrogens is 348 g/mol. The molecule has 0 aromatic heterocycles. The third-order valence-electron chi connectivity index (χ3n) is 4.81. The van der Waals surface area contributed by atoms with Crippen molar-refractivity contribution in [2.24, 2.45) is 0 Å². The lowest BCUT2D eigenvalue weighted by Gasteiger charge is -2.17. The summed E-state index contributed by atoms with van der Waals surface area (Å²) >= 11 is 0. The van der Waals surface area contributed by atoms with Gasteiger partial charge in [0.25, 0.3) is 0 Å². The van der Waals surface area contributed by atoms with Crippen LogP contribution in [0, 0.1) is 0 Å². The van der Waals surface area contributed by atoms with Gasteiger partial charge in [-0.1, -0.05) is 84.0 Å². The molecule has 0 radical (unpaired) electrons. The number of esters is 1. The van der Waals surface area contributed by atoms with E-state index < -0.39 is 0 Å². The summed E-state index contributed by atoms with van der Waals surface area (Å²) in [5.41, 5.74) is 0. The summed E-state index contributed by atoms with van der Waals surface area (Å²) in [7, 11) is 2.01. The summed E-state index contributed by atoms with van der Waals surface area (Å²) in [5, 5.41) is 0. The highest BCUT2D eigenvalue weighted by Gasteiger charge is 2.10. The molecule has 4 nitrogen and oxygen atoms in total. The third kappa shape index (κ3) is 14.3. The number of nitrogens with zero attached hydrogens (tertiary/aromatic N) is 2. The molecule has 0 aliphatic carbocycles. The van der Waals surface area contributed by atoms with Crippen LogP contribution in [0.3, 0.4) is 0 Å². The van der Waals surface area contributed by atoms with Crippen LogP contribution >= 0.6 is 12.4 Å². The van der Waals surface area contributed by atoms with Crippen molar-refractivity contribution in [1.82, 2.24) is 9.80 Å².